The fraction of sp³-hybridized carbons (Fsp3) is 0.429. The molecule has 1 aliphatic carbocycles. The summed E-state index contributed by atoms with van der Waals surface area (Å²) in [6.07, 6.45) is 4.10. The topological polar surface area (TPSA) is 96.9 Å². The van der Waals surface area contributed by atoms with Gasteiger partial charge in [-0.1, -0.05) is 18.0 Å². The standard InChI is InChI=1S/C14H19N3O3/c1-20-12-8-10(13(15)17-19)6-7-11(12)16-14(18)9-4-2-3-5-9/h6-9,19H,2-5H2,1H3,(H2,15,17)(H,16,18). The maximum Gasteiger partial charge on any atom is 0.227 e. The first-order valence-corrected chi connectivity index (χ1v) is 6.62. The minimum atomic E-state index is -0.00281. The minimum Gasteiger partial charge on any atom is -0.495 e. The van der Waals surface area contributed by atoms with Crippen LogP contribution in [-0.2, 0) is 4.79 Å². The quantitative estimate of drug-likeness (QED) is 0.339. The molecule has 0 heterocycles. The molecule has 108 valence electrons. The van der Waals surface area contributed by atoms with E-state index in [4.69, 9.17) is 15.7 Å². The lowest BCUT2D eigenvalue weighted by Gasteiger charge is -2.14. The van der Waals surface area contributed by atoms with E-state index >= 15 is 0 Å². The Balaban J connectivity index is 2.17. The van der Waals surface area contributed by atoms with Crippen molar-refractivity contribution in [2.45, 2.75) is 25.7 Å². The first-order chi connectivity index (χ1) is 9.65. The average molecular weight is 277 g/mol. The highest BCUT2D eigenvalue weighted by molar-refractivity contribution is 5.99. The number of hydrogen-bond acceptors (Lipinski definition) is 4. The summed E-state index contributed by atoms with van der Waals surface area (Å²) in [6.45, 7) is 0. The lowest BCUT2D eigenvalue weighted by Crippen LogP contribution is -2.21. The Hall–Kier alpha value is -2.24. The lowest BCUT2D eigenvalue weighted by molar-refractivity contribution is -0.119. The van der Waals surface area contributed by atoms with Crippen molar-refractivity contribution >= 4 is 17.4 Å². The highest BCUT2D eigenvalue weighted by Gasteiger charge is 2.23. The zero-order chi connectivity index (χ0) is 14.5. The van der Waals surface area contributed by atoms with Crippen LogP contribution in [0.4, 0.5) is 5.69 Å². The van der Waals surface area contributed by atoms with E-state index in [0.29, 0.717) is 17.0 Å². The van der Waals surface area contributed by atoms with Crippen LogP contribution in [0.5, 0.6) is 5.75 Å². The molecule has 0 spiro atoms. The first kappa shape index (κ1) is 14.2. The number of amidine groups is 1. The van der Waals surface area contributed by atoms with Crippen LogP contribution in [0, 0.1) is 5.92 Å². The van der Waals surface area contributed by atoms with Crippen LogP contribution in [-0.4, -0.2) is 24.1 Å². The Morgan fingerprint density at radius 2 is 2.15 bits per heavy atom. The molecule has 0 radical (unpaired) electrons. The zero-order valence-corrected chi connectivity index (χ0v) is 11.4. The number of hydrogen-bond donors (Lipinski definition) is 3. The van der Waals surface area contributed by atoms with Gasteiger partial charge >= 0.3 is 0 Å². The Morgan fingerprint density at radius 1 is 1.45 bits per heavy atom. The average Bonchev–Trinajstić information content (AvgIpc) is 3.01. The zero-order valence-electron chi connectivity index (χ0n) is 11.4. The van der Waals surface area contributed by atoms with Gasteiger partial charge in [-0.2, -0.15) is 0 Å². The van der Waals surface area contributed by atoms with Gasteiger partial charge in [0.1, 0.15) is 5.75 Å². The molecule has 0 aromatic heterocycles. The summed E-state index contributed by atoms with van der Waals surface area (Å²) >= 11 is 0. The molecule has 0 saturated heterocycles. The number of rotatable bonds is 4. The van der Waals surface area contributed by atoms with Crippen molar-refractivity contribution in [2.24, 2.45) is 16.8 Å². The minimum absolute atomic E-state index is 0.00281. The molecule has 1 fully saturated rings. The molecule has 0 bridgehead atoms. The molecule has 1 aliphatic rings. The third kappa shape index (κ3) is 3.01. The first-order valence-electron chi connectivity index (χ1n) is 6.62. The van der Waals surface area contributed by atoms with E-state index < -0.39 is 0 Å². The van der Waals surface area contributed by atoms with E-state index in [-0.39, 0.29) is 17.7 Å². The maximum atomic E-state index is 12.1. The summed E-state index contributed by atoms with van der Waals surface area (Å²) in [6, 6.07) is 4.99. The van der Waals surface area contributed by atoms with Crippen molar-refractivity contribution in [1.82, 2.24) is 0 Å². The SMILES string of the molecule is COc1cc(/C(N)=N/O)ccc1NC(=O)C1CCCC1. The molecule has 2 rings (SSSR count). The van der Waals surface area contributed by atoms with Crippen LogP contribution in [0.25, 0.3) is 0 Å². The number of nitrogens with zero attached hydrogens (tertiary/aromatic N) is 1. The maximum absolute atomic E-state index is 12.1. The van der Waals surface area contributed by atoms with Crippen LogP contribution >= 0.6 is 0 Å². The molecule has 0 aliphatic heterocycles. The third-order valence-electron chi connectivity index (χ3n) is 3.59. The summed E-state index contributed by atoms with van der Waals surface area (Å²) in [5.74, 6) is 0.596. The van der Waals surface area contributed by atoms with Gasteiger partial charge in [0.05, 0.1) is 12.8 Å². The third-order valence-corrected chi connectivity index (χ3v) is 3.59. The van der Waals surface area contributed by atoms with Crippen molar-refractivity contribution in [3.63, 3.8) is 0 Å². The second kappa shape index (κ2) is 6.27. The summed E-state index contributed by atoms with van der Waals surface area (Å²) in [5.41, 5.74) is 6.65. The van der Waals surface area contributed by atoms with Gasteiger partial charge in [-0.05, 0) is 31.0 Å². The molecule has 6 heteroatoms. The second-order valence-electron chi connectivity index (χ2n) is 4.87. The van der Waals surface area contributed by atoms with Gasteiger partial charge in [-0.3, -0.25) is 4.79 Å². The van der Waals surface area contributed by atoms with E-state index in [0.717, 1.165) is 25.7 Å². The summed E-state index contributed by atoms with van der Waals surface area (Å²) in [7, 11) is 1.51. The molecule has 1 saturated carbocycles. The van der Waals surface area contributed by atoms with Crippen LogP contribution < -0.4 is 15.8 Å². The van der Waals surface area contributed by atoms with Gasteiger partial charge < -0.3 is 21.0 Å². The molecule has 20 heavy (non-hydrogen) atoms. The number of benzene rings is 1. The normalized spacial score (nSPS) is 16.1. The lowest BCUT2D eigenvalue weighted by atomic mass is 10.1. The number of nitrogens with two attached hydrogens (primary N) is 1. The Bertz CT molecular complexity index is 522. The smallest absolute Gasteiger partial charge is 0.227 e. The van der Waals surface area contributed by atoms with E-state index in [1.807, 2.05) is 0 Å². The summed E-state index contributed by atoms with van der Waals surface area (Å²) in [4.78, 5) is 12.1. The number of ether oxygens (including phenoxy) is 1. The van der Waals surface area contributed by atoms with E-state index in [1.165, 1.54) is 7.11 Å². The number of oxime groups is 1. The molecule has 4 N–H and O–H groups in total. The molecular weight excluding hydrogens is 258 g/mol. The molecule has 1 aromatic carbocycles. The Morgan fingerprint density at radius 3 is 2.75 bits per heavy atom. The Labute approximate surface area is 117 Å². The molecule has 1 amide bonds. The van der Waals surface area contributed by atoms with Gasteiger partial charge in [0, 0.05) is 11.5 Å². The van der Waals surface area contributed by atoms with Gasteiger partial charge in [0.2, 0.25) is 5.91 Å². The highest BCUT2D eigenvalue weighted by Crippen LogP contribution is 2.29. The van der Waals surface area contributed by atoms with Crippen molar-refractivity contribution in [2.75, 3.05) is 12.4 Å². The van der Waals surface area contributed by atoms with Gasteiger partial charge in [-0.15, -0.1) is 0 Å². The van der Waals surface area contributed by atoms with Crippen molar-refractivity contribution < 1.29 is 14.7 Å². The summed E-state index contributed by atoms with van der Waals surface area (Å²) < 4.78 is 5.24. The highest BCUT2D eigenvalue weighted by atomic mass is 16.5. The largest absolute Gasteiger partial charge is 0.495 e. The van der Waals surface area contributed by atoms with E-state index in [2.05, 4.69) is 10.5 Å². The number of amides is 1. The molecule has 6 nitrogen and oxygen atoms in total. The van der Waals surface area contributed by atoms with Crippen molar-refractivity contribution in [3.05, 3.63) is 23.8 Å². The molecular formula is C14H19N3O3. The molecule has 1 aromatic rings. The number of nitrogens with one attached hydrogen (secondary N) is 1. The van der Waals surface area contributed by atoms with Gasteiger partial charge in [0.15, 0.2) is 5.84 Å². The number of anilines is 1. The van der Waals surface area contributed by atoms with Crippen LogP contribution in [0.1, 0.15) is 31.2 Å². The molecule has 0 atom stereocenters. The predicted octanol–water partition coefficient (Wildman–Crippen LogP) is 1.92. The van der Waals surface area contributed by atoms with Gasteiger partial charge in [0.25, 0.3) is 0 Å². The summed E-state index contributed by atoms with van der Waals surface area (Å²) in [5, 5.41) is 14.5. The molecule has 0 unspecified atom stereocenters. The fourth-order valence-corrected chi connectivity index (χ4v) is 2.43. The van der Waals surface area contributed by atoms with Crippen molar-refractivity contribution in [1.29, 1.82) is 0 Å². The number of carbonyl (C=O) groups excluding carboxylic acids is 1. The monoisotopic (exact) mass is 277 g/mol. The van der Waals surface area contributed by atoms with Gasteiger partial charge in [-0.25, -0.2) is 0 Å². The number of methoxy groups -OCH3 is 1. The van der Waals surface area contributed by atoms with Crippen LogP contribution in [0.3, 0.4) is 0 Å². The second-order valence-corrected chi connectivity index (χ2v) is 4.87. The number of carbonyl (C=O) groups is 1. The van der Waals surface area contributed by atoms with Crippen LogP contribution in [0.2, 0.25) is 0 Å². The fourth-order valence-electron chi connectivity index (χ4n) is 2.43. The van der Waals surface area contributed by atoms with E-state index in [9.17, 15) is 4.79 Å². The van der Waals surface area contributed by atoms with Crippen molar-refractivity contribution in [3.8, 4) is 5.75 Å². The van der Waals surface area contributed by atoms with Crippen LogP contribution in [0.15, 0.2) is 23.4 Å². The van der Waals surface area contributed by atoms with E-state index in [1.54, 1.807) is 18.2 Å². The predicted molar refractivity (Wildman–Crippen MR) is 76.1 cm³/mol. The Kier molecular flexibility index (Phi) is 4.45.